The molecule has 0 bridgehead atoms. The highest BCUT2D eigenvalue weighted by atomic mass is 32.1. The highest BCUT2D eigenvalue weighted by Gasteiger charge is 2.12. The van der Waals surface area contributed by atoms with Gasteiger partial charge in [0, 0.05) is 38.8 Å². The maximum atomic E-state index is 9.01. The summed E-state index contributed by atoms with van der Waals surface area (Å²) in [5.74, 6) is 1.26. The van der Waals surface area contributed by atoms with Gasteiger partial charge in [-0.25, -0.2) is 0 Å². The molecule has 3 heterocycles. The second-order valence-electron chi connectivity index (χ2n) is 6.78. The van der Waals surface area contributed by atoms with E-state index in [0.717, 1.165) is 27.0 Å². The van der Waals surface area contributed by atoms with E-state index in [0.29, 0.717) is 18.2 Å². The molecular weight excluding hydrogens is 398 g/mol. The highest BCUT2D eigenvalue weighted by Crippen LogP contribution is 2.38. The molecule has 9 heteroatoms. The van der Waals surface area contributed by atoms with E-state index in [2.05, 4.69) is 55.1 Å². The number of nitrogens with one attached hydrogen (secondary N) is 3. The molecule has 0 saturated heterocycles. The summed E-state index contributed by atoms with van der Waals surface area (Å²) in [7, 11) is 0. The van der Waals surface area contributed by atoms with Crippen molar-refractivity contribution in [2.24, 2.45) is 0 Å². The van der Waals surface area contributed by atoms with Crippen molar-refractivity contribution in [2.45, 2.75) is 0 Å². The normalized spacial score (nSPS) is 11.2. The number of hydrogen-bond donors (Lipinski definition) is 5. The third kappa shape index (κ3) is 3.51. The summed E-state index contributed by atoms with van der Waals surface area (Å²) < 4.78 is 1.24. The molecule has 6 N–H and O–H groups in total. The predicted molar refractivity (Wildman–Crippen MR) is 122 cm³/mol. The number of hydrogen-bond acceptors (Lipinski definition) is 8. The van der Waals surface area contributed by atoms with Gasteiger partial charge in [-0.05, 0) is 29.7 Å². The average molecular weight is 417 g/mol. The number of thiophene rings is 1. The van der Waals surface area contributed by atoms with E-state index >= 15 is 0 Å². The summed E-state index contributed by atoms with van der Waals surface area (Å²) in [6.07, 6.45) is 1.81. The topological polar surface area (TPSA) is 125 Å². The number of aromatic nitrogens is 4. The van der Waals surface area contributed by atoms with Crippen LogP contribution in [-0.4, -0.2) is 38.4 Å². The first kappa shape index (κ1) is 18.3. The average Bonchev–Trinajstić information content (AvgIpc) is 3.38. The molecule has 0 saturated carbocycles. The number of aromatic amines is 1. The smallest absolute Gasteiger partial charge is 0.223 e. The Bertz CT molecular complexity index is 1310. The molecular formula is C21H19N7OS. The maximum absolute atomic E-state index is 9.01. The second kappa shape index (κ2) is 7.62. The quantitative estimate of drug-likeness (QED) is 0.283. The lowest BCUT2D eigenvalue weighted by Gasteiger charge is -2.11. The molecule has 3 aromatic heterocycles. The largest absolute Gasteiger partial charge is 0.395 e. The second-order valence-corrected chi connectivity index (χ2v) is 7.86. The van der Waals surface area contributed by atoms with E-state index < -0.39 is 0 Å². The molecule has 2 aromatic carbocycles. The van der Waals surface area contributed by atoms with E-state index in [1.54, 1.807) is 23.6 Å². The number of nitrogen functional groups attached to an aromatic ring is 1. The molecule has 5 rings (SSSR count). The molecule has 0 aliphatic rings. The number of aliphatic hydroxyl groups excluding tert-OH is 1. The van der Waals surface area contributed by atoms with Crippen molar-refractivity contribution in [1.29, 1.82) is 0 Å². The highest BCUT2D eigenvalue weighted by molar-refractivity contribution is 7.22. The predicted octanol–water partition coefficient (Wildman–Crippen LogP) is 3.96. The van der Waals surface area contributed by atoms with Crippen LogP contribution in [0.2, 0.25) is 0 Å². The van der Waals surface area contributed by atoms with Crippen LogP contribution in [0, 0.1) is 0 Å². The Morgan fingerprint density at radius 2 is 1.90 bits per heavy atom. The van der Waals surface area contributed by atoms with Crippen molar-refractivity contribution in [3.8, 4) is 10.4 Å². The van der Waals surface area contributed by atoms with E-state index in [9.17, 15) is 0 Å². The van der Waals surface area contributed by atoms with Gasteiger partial charge in [-0.3, -0.25) is 5.10 Å². The fraction of sp³-hybridized carbons (Fsp3) is 0.0952. The summed E-state index contributed by atoms with van der Waals surface area (Å²) in [4.78, 5) is 9.56. The number of benzene rings is 2. The number of rotatable bonds is 6. The summed E-state index contributed by atoms with van der Waals surface area (Å²) in [6, 6.07) is 16.4. The number of aliphatic hydroxyl groups is 1. The van der Waals surface area contributed by atoms with E-state index in [-0.39, 0.29) is 12.6 Å². The van der Waals surface area contributed by atoms with Crippen molar-refractivity contribution in [3.63, 3.8) is 0 Å². The summed E-state index contributed by atoms with van der Waals surface area (Å²) in [5, 5.41) is 24.9. The third-order valence-corrected chi connectivity index (χ3v) is 5.82. The SMILES string of the molecule is Nc1nc(NCCO)cc(Nc2cc(-c3cc4ccccc4s3)c3[nH]ncc3c2)n1. The lowest BCUT2D eigenvalue weighted by molar-refractivity contribution is 0.311. The number of fused-ring (bicyclic) bond motifs is 2. The van der Waals surface area contributed by atoms with Gasteiger partial charge in [0.2, 0.25) is 5.95 Å². The van der Waals surface area contributed by atoms with Gasteiger partial charge >= 0.3 is 0 Å². The van der Waals surface area contributed by atoms with Crippen molar-refractivity contribution in [2.75, 3.05) is 29.5 Å². The summed E-state index contributed by atoms with van der Waals surface area (Å²) in [5.41, 5.74) is 8.76. The van der Waals surface area contributed by atoms with Gasteiger partial charge in [0.25, 0.3) is 0 Å². The molecule has 8 nitrogen and oxygen atoms in total. The zero-order chi connectivity index (χ0) is 20.5. The number of anilines is 4. The third-order valence-electron chi connectivity index (χ3n) is 4.67. The Morgan fingerprint density at radius 1 is 1.03 bits per heavy atom. The van der Waals surface area contributed by atoms with Gasteiger partial charge in [-0.1, -0.05) is 18.2 Å². The Balaban J connectivity index is 1.55. The number of nitrogens with zero attached hydrogens (tertiary/aromatic N) is 3. The molecule has 5 aromatic rings. The molecule has 150 valence electrons. The van der Waals surface area contributed by atoms with Gasteiger partial charge in [-0.15, -0.1) is 11.3 Å². The van der Waals surface area contributed by atoms with Crippen LogP contribution in [0.4, 0.5) is 23.3 Å². The minimum atomic E-state index is 0.00233. The molecule has 0 aliphatic heterocycles. The molecule has 0 amide bonds. The van der Waals surface area contributed by atoms with Gasteiger partial charge in [0.15, 0.2) is 0 Å². The van der Waals surface area contributed by atoms with Crippen LogP contribution < -0.4 is 16.4 Å². The summed E-state index contributed by atoms with van der Waals surface area (Å²) >= 11 is 1.74. The zero-order valence-corrected chi connectivity index (χ0v) is 16.7. The van der Waals surface area contributed by atoms with Crippen molar-refractivity contribution in [3.05, 3.63) is 54.7 Å². The molecule has 30 heavy (non-hydrogen) atoms. The van der Waals surface area contributed by atoms with Gasteiger partial charge in [0.1, 0.15) is 11.6 Å². The standard InChI is InChI=1S/C21H19N7OS/c22-21-26-18(23-5-6-29)10-19(27-21)25-14-7-13-11-24-28-20(13)15(9-14)17-8-12-3-1-2-4-16(12)30-17/h1-4,7-11,29H,5-6H2,(H,24,28)(H4,22,23,25,26,27). The van der Waals surface area contributed by atoms with Crippen LogP contribution in [0.1, 0.15) is 0 Å². The first-order chi connectivity index (χ1) is 14.7. The number of H-pyrrole nitrogens is 1. The maximum Gasteiger partial charge on any atom is 0.223 e. The Hall–Kier alpha value is -3.69. The van der Waals surface area contributed by atoms with Crippen LogP contribution in [0.25, 0.3) is 31.4 Å². The minimum absolute atomic E-state index is 0.00233. The van der Waals surface area contributed by atoms with Crippen molar-refractivity contribution >= 4 is 55.6 Å². The van der Waals surface area contributed by atoms with Crippen molar-refractivity contribution in [1.82, 2.24) is 20.2 Å². The molecule has 0 fully saturated rings. The van der Waals surface area contributed by atoms with Crippen LogP contribution in [-0.2, 0) is 0 Å². The minimum Gasteiger partial charge on any atom is -0.395 e. The van der Waals surface area contributed by atoms with Crippen LogP contribution in [0.3, 0.4) is 0 Å². The molecule has 0 aliphatic carbocycles. The Morgan fingerprint density at radius 3 is 2.77 bits per heavy atom. The first-order valence-electron chi connectivity index (χ1n) is 9.42. The lowest BCUT2D eigenvalue weighted by Crippen LogP contribution is -2.09. The monoisotopic (exact) mass is 417 g/mol. The van der Waals surface area contributed by atoms with Gasteiger partial charge in [-0.2, -0.15) is 15.1 Å². The zero-order valence-electron chi connectivity index (χ0n) is 15.9. The Kier molecular flexibility index (Phi) is 4.66. The van der Waals surface area contributed by atoms with Gasteiger partial charge in [0.05, 0.1) is 18.3 Å². The van der Waals surface area contributed by atoms with Crippen LogP contribution >= 0.6 is 11.3 Å². The van der Waals surface area contributed by atoms with Crippen LogP contribution in [0.5, 0.6) is 0 Å². The molecule has 0 spiro atoms. The fourth-order valence-electron chi connectivity index (χ4n) is 3.39. The fourth-order valence-corrected chi connectivity index (χ4v) is 4.48. The lowest BCUT2D eigenvalue weighted by atomic mass is 10.1. The van der Waals surface area contributed by atoms with Crippen LogP contribution in [0.15, 0.2) is 54.7 Å². The Labute approximate surface area is 175 Å². The number of nitrogens with two attached hydrogens (primary N) is 1. The van der Waals surface area contributed by atoms with E-state index in [4.69, 9.17) is 10.8 Å². The molecule has 0 radical (unpaired) electrons. The van der Waals surface area contributed by atoms with Gasteiger partial charge < -0.3 is 21.5 Å². The van der Waals surface area contributed by atoms with Crippen molar-refractivity contribution < 1.29 is 5.11 Å². The van der Waals surface area contributed by atoms with E-state index in [1.807, 2.05) is 18.2 Å². The first-order valence-corrected chi connectivity index (χ1v) is 10.2. The summed E-state index contributed by atoms with van der Waals surface area (Å²) in [6.45, 7) is 0.384. The van der Waals surface area contributed by atoms with E-state index in [1.165, 1.54) is 10.1 Å². The molecule has 0 atom stereocenters. The molecule has 0 unspecified atom stereocenters.